The summed E-state index contributed by atoms with van der Waals surface area (Å²) in [4.78, 5) is 34.4. The third kappa shape index (κ3) is 2.22. The molecular weight excluding hydrogens is 286 g/mol. The molecule has 7 heteroatoms. The lowest BCUT2D eigenvalue weighted by Gasteiger charge is -2.53. The van der Waals surface area contributed by atoms with Crippen molar-refractivity contribution in [2.24, 2.45) is 23.2 Å². The van der Waals surface area contributed by atoms with Crippen LogP contribution < -0.4 is 5.11 Å². The van der Waals surface area contributed by atoms with E-state index in [1.165, 1.54) is 0 Å². The number of carbonyl (C=O) groups excluding carboxylic acids is 3. The minimum Gasteiger partial charge on any atom is -0.544 e. The second-order valence-corrected chi connectivity index (χ2v) is 6.59. The van der Waals surface area contributed by atoms with E-state index in [1.54, 1.807) is 0 Å². The molecule has 0 amide bonds. The van der Waals surface area contributed by atoms with Gasteiger partial charge in [0.05, 0.1) is 5.41 Å². The zero-order chi connectivity index (χ0) is 15.4. The van der Waals surface area contributed by atoms with Gasteiger partial charge in [-0.05, 0) is 38.0 Å². The minimum absolute atomic E-state index is 0.175. The Labute approximate surface area is 119 Å². The van der Waals surface area contributed by atoms with Crippen molar-refractivity contribution in [1.29, 1.82) is 0 Å². The molecule has 0 heterocycles. The number of carboxylic acid groups (broad SMARTS) is 1. The summed E-state index contributed by atoms with van der Waals surface area (Å²) in [7, 11) is 0. The van der Waals surface area contributed by atoms with E-state index < -0.39 is 29.9 Å². The van der Waals surface area contributed by atoms with Crippen LogP contribution in [0, 0.1) is 23.2 Å². The van der Waals surface area contributed by atoms with Crippen molar-refractivity contribution in [3.63, 3.8) is 0 Å². The second kappa shape index (κ2) is 4.48. The van der Waals surface area contributed by atoms with Crippen molar-refractivity contribution in [1.82, 2.24) is 0 Å². The molecule has 0 saturated heterocycles. The van der Waals surface area contributed by atoms with Gasteiger partial charge in [-0.15, -0.1) is 0 Å². The molecule has 2 atom stereocenters. The van der Waals surface area contributed by atoms with Crippen LogP contribution in [0.4, 0.5) is 8.78 Å². The number of Topliss-reactive ketones (excluding diaryl/α,β-unsaturated/α-hetero) is 1. The molecule has 4 bridgehead atoms. The molecule has 4 aliphatic carbocycles. The van der Waals surface area contributed by atoms with Crippen molar-refractivity contribution >= 4 is 17.7 Å². The van der Waals surface area contributed by atoms with Crippen LogP contribution >= 0.6 is 0 Å². The Morgan fingerprint density at radius 3 is 2.33 bits per heavy atom. The fraction of sp³-hybridized carbons (Fsp3) is 0.786. The van der Waals surface area contributed by atoms with Crippen LogP contribution in [-0.4, -0.2) is 30.3 Å². The van der Waals surface area contributed by atoms with Gasteiger partial charge in [0, 0.05) is 11.8 Å². The van der Waals surface area contributed by atoms with Crippen LogP contribution in [0.5, 0.6) is 0 Å². The molecule has 4 aliphatic rings. The zero-order valence-electron chi connectivity index (χ0n) is 11.3. The fourth-order valence-electron chi connectivity index (χ4n) is 4.37. The first-order valence-electron chi connectivity index (χ1n) is 7.04. The van der Waals surface area contributed by atoms with Gasteiger partial charge in [-0.2, -0.15) is 8.78 Å². The van der Waals surface area contributed by atoms with E-state index in [1.807, 2.05) is 0 Å². The monoisotopic (exact) mass is 301 g/mol. The Hall–Kier alpha value is -1.53. The van der Waals surface area contributed by atoms with Gasteiger partial charge in [0.15, 0.2) is 6.61 Å². The Morgan fingerprint density at radius 1 is 1.24 bits per heavy atom. The zero-order valence-corrected chi connectivity index (χ0v) is 11.3. The number of rotatable bonds is 4. The minimum atomic E-state index is -4.19. The molecule has 0 radical (unpaired) electrons. The van der Waals surface area contributed by atoms with Crippen molar-refractivity contribution in [2.45, 2.75) is 38.0 Å². The van der Waals surface area contributed by atoms with Crippen molar-refractivity contribution in [3.05, 3.63) is 0 Å². The number of esters is 1. The van der Waals surface area contributed by atoms with Crippen LogP contribution in [0.3, 0.4) is 0 Å². The first kappa shape index (κ1) is 14.4. The van der Waals surface area contributed by atoms with Crippen molar-refractivity contribution in [2.75, 3.05) is 6.61 Å². The summed E-state index contributed by atoms with van der Waals surface area (Å²) >= 11 is 0. The van der Waals surface area contributed by atoms with Gasteiger partial charge in [-0.25, -0.2) is 0 Å². The maximum atomic E-state index is 12.9. The lowest BCUT2D eigenvalue weighted by molar-refractivity contribution is -0.331. The summed E-state index contributed by atoms with van der Waals surface area (Å²) in [6.07, 6.45) is 2.76. The number of aliphatic carboxylic acids is 1. The third-order valence-electron chi connectivity index (χ3n) is 5.11. The highest BCUT2D eigenvalue weighted by atomic mass is 19.3. The van der Waals surface area contributed by atoms with Crippen molar-refractivity contribution < 1.29 is 33.0 Å². The van der Waals surface area contributed by atoms with E-state index >= 15 is 0 Å². The predicted octanol–water partition coefficient (Wildman–Crippen LogP) is 0.310. The molecule has 5 nitrogen and oxygen atoms in total. The number of hydrogen-bond acceptors (Lipinski definition) is 5. The maximum Gasteiger partial charge on any atom is 0.320 e. The van der Waals surface area contributed by atoms with E-state index in [4.69, 9.17) is 0 Å². The van der Waals surface area contributed by atoms with Crippen LogP contribution in [0.2, 0.25) is 0 Å². The Kier molecular flexibility index (Phi) is 3.07. The molecule has 0 aromatic heterocycles. The predicted molar refractivity (Wildman–Crippen MR) is 61.9 cm³/mol. The molecule has 0 aliphatic heterocycles. The number of alkyl halides is 2. The molecule has 21 heavy (non-hydrogen) atoms. The lowest BCUT2D eigenvalue weighted by atomic mass is 9.49. The van der Waals surface area contributed by atoms with Crippen LogP contribution in [0.15, 0.2) is 0 Å². The summed E-state index contributed by atoms with van der Waals surface area (Å²) in [5, 5.41) is 10.2. The molecule has 4 fully saturated rings. The number of ketones is 1. The molecule has 0 aromatic rings. The Morgan fingerprint density at radius 2 is 1.81 bits per heavy atom. The summed E-state index contributed by atoms with van der Waals surface area (Å²) in [6, 6.07) is 0. The SMILES string of the molecule is O=C1C2CC3CC1CC(C(=O)OCC(F)(F)C(=O)[O-])(C3)C2. The summed E-state index contributed by atoms with van der Waals surface area (Å²) in [6.45, 7) is -1.51. The smallest absolute Gasteiger partial charge is 0.320 e. The van der Waals surface area contributed by atoms with Gasteiger partial charge < -0.3 is 14.6 Å². The van der Waals surface area contributed by atoms with Gasteiger partial charge >= 0.3 is 11.9 Å². The van der Waals surface area contributed by atoms with Crippen LogP contribution in [-0.2, 0) is 19.1 Å². The van der Waals surface area contributed by atoms with Crippen LogP contribution in [0.25, 0.3) is 0 Å². The van der Waals surface area contributed by atoms with Gasteiger partial charge in [0.25, 0.3) is 0 Å². The lowest BCUT2D eigenvalue weighted by Crippen LogP contribution is -2.55. The molecule has 4 saturated carbocycles. The maximum absolute atomic E-state index is 12.9. The van der Waals surface area contributed by atoms with Gasteiger partial charge in [-0.1, -0.05) is 0 Å². The average Bonchev–Trinajstić information content (AvgIpc) is 2.41. The third-order valence-corrected chi connectivity index (χ3v) is 5.11. The normalized spacial score (nSPS) is 37.6. The first-order chi connectivity index (χ1) is 9.73. The fourth-order valence-corrected chi connectivity index (χ4v) is 4.37. The number of halogens is 2. The van der Waals surface area contributed by atoms with Crippen molar-refractivity contribution in [3.8, 4) is 0 Å². The van der Waals surface area contributed by atoms with Gasteiger partial charge in [0.1, 0.15) is 11.8 Å². The number of hydrogen-bond donors (Lipinski definition) is 0. The van der Waals surface area contributed by atoms with E-state index in [-0.39, 0.29) is 23.5 Å². The molecule has 116 valence electrons. The highest BCUT2D eigenvalue weighted by molar-refractivity contribution is 5.89. The highest BCUT2D eigenvalue weighted by Crippen LogP contribution is 2.59. The standard InChI is InChI=1S/C14H16F2O5/c15-14(16,11(18)19)6-21-12(20)13-3-7-1-8(4-13)10(17)9(2-7)5-13/h7-9H,1-6H2,(H,18,19)/p-1. The molecule has 0 spiro atoms. The van der Waals surface area contributed by atoms with Crippen LogP contribution in [0.1, 0.15) is 32.1 Å². The largest absolute Gasteiger partial charge is 0.544 e. The first-order valence-corrected chi connectivity index (χ1v) is 7.04. The topological polar surface area (TPSA) is 83.5 Å². The number of ether oxygens (including phenoxy) is 1. The molecule has 0 aromatic carbocycles. The molecule has 2 unspecified atom stereocenters. The highest BCUT2D eigenvalue weighted by Gasteiger charge is 2.59. The Balaban J connectivity index is 1.71. The number of carboxylic acids is 1. The summed E-state index contributed by atoms with van der Waals surface area (Å²) in [5.74, 6) is -7.46. The Bertz CT molecular complexity index is 497. The second-order valence-electron chi connectivity index (χ2n) is 6.59. The van der Waals surface area contributed by atoms with E-state index in [0.29, 0.717) is 19.3 Å². The molecular formula is C14H15F2O5-. The molecule has 4 rings (SSSR count). The van der Waals surface area contributed by atoms with Gasteiger partial charge in [-0.3, -0.25) is 9.59 Å². The summed E-state index contributed by atoms with van der Waals surface area (Å²) < 4.78 is 30.5. The average molecular weight is 301 g/mol. The van der Waals surface area contributed by atoms with E-state index in [2.05, 4.69) is 4.74 Å². The summed E-state index contributed by atoms with van der Waals surface area (Å²) in [5.41, 5.74) is -0.883. The van der Waals surface area contributed by atoms with Gasteiger partial charge in [0.2, 0.25) is 0 Å². The number of carbonyl (C=O) groups is 3. The molecule has 0 N–H and O–H groups in total. The quantitative estimate of drug-likeness (QED) is 0.698. The van der Waals surface area contributed by atoms with E-state index in [0.717, 1.165) is 12.8 Å². The van der Waals surface area contributed by atoms with E-state index in [9.17, 15) is 28.3 Å².